The van der Waals surface area contributed by atoms with Crippen LogP contribution in [0.1, 0.15) is 36.9 Å². The first-order valence-corrected chi connectivity index (χ1v) is 8.20. The van der Waals surface area contributed by atoms with Gasteiger partial charge in [0.15, 0.2) is 5.82 Å². The molecule has 8 heteroatoms. The molecule has 8 nitrogen and oxygen atoms in total. The van der Waals surface area contributed by atoms with Crippen molar-refractivity contribution in [2.75, 3.05) is 13.1 Å². The van der Waals surface area contributed by atoms with Crippen molar-refractivity contribution in [3.63, 3.8) is 0 Å². The van der Waals surface area contributed by atoms with E-state index in [4.69, 9.17) is 9.26 Å². The van der Waals surface area contributed by atoms with Gasteiger partial charge in [-0.05, 0) is 25.0 Å². The van der Waals surface area contributed by atoms with Crippen LogP contribution in [0.4, 0.5) is 4.79 Å². The smallest absolute Gasteiger partial charge is 0.317 e. The Morgan fingerprint density at radius 2 is 2.17 bits per heavy atom. The van der Waals surface area contributed by atoms with Crippen molar-refractivity contribution in [1.29, 1.82) is 0 Å². The number of rotatable bonds is 5. The highest BCUT2D eigenvalue weighted by Crippen LogP contribution is 2.38. The summed E-state index contributed by atoms with van der Waals surface area (Å²) in [5.74, 6) is 2.43. The van der Waals surface area contributed by atoms with Crippen LogP contribution in [-0.4, -0.2) is 45.2 Å². The van der Waals surface area contributed by atoms with Crippen LogP contribution in [0.3, 0.4) is 0 Å². The van der Waals surface area contributed by atoms with Gasteiger partial charge in [-0.15, -0.1) is 0 Å². The Balaban J connectivity index is 1.24. The Kier molecular flexibility index (Phi) is 4.02. The number of likely N-dealkylation sites (tertiary alicyclic amines) is 1. The van der Waals surface area contributed by atoms with Crippen LogP contribution in [0.2, 0.25) is 0 Å². The van der Waals surface area contributed by atoms with Crippen molar-refractivity contribution >= 4 is 6.03 Å². The Morgan fingerprint density at radius 3 is 2.96 bits per heavy atom. The summed E-state index contributed by atoms with van der Waals surface area (Å²) < 4.78 is 11.0. The summed E-state index contributed by atoms with van der Waals surface area (Å²) in [4.78, 5) is 22.2. The van der Waals surface area contributed by atoms with E-state index >= 15 is 0 Å². The molecule has 0 radical (unpaired) electrons. The van der Waals surface area contributed by atoms with E-state index in [1.165, 1.54) is 0 Å². The van der Waals surface area contributed by atoms with E-state index in [1.807, 2.05) is 12.1 Å². The maximum atomic E-state index is 12.2. The van der Waals surface area contributed by atoms with Crippen LogP contribution in [0.5, 0.6) is 5.75 Å². The third-order valence-corrected chi connectivity index (χ3v) is 4.20. The van der Waals surface area contributed by atoms with Gasteiger partial charge in [0, 0.05) is 31.3 Å². The number of carbonyl (C=O) groups is 1. The first-order valence-electron chi connectivity index (χ1n) is 8.20. The Bertz CT molecular complexity index is 701. The van der Waals surface area contributed by atoms with Crippen molar-refractivity contribution < 1.29 is 14.1 Å². The molecule has 4 rings (SSSR count). The lowest BCUT2D eigenvalue weighted by molar-refractivity contribution is 0.185. The van der Waals surface area contributed by atoms with E-state index in [0.717, 1.165) is 30.8 Å². The van der Waals surface area contributed by atoms with Gasteiger partial charge in [-0.1, -0.05) is 5.16 Å². The highest BCUT2D eigenvalue weighted by Gasteiger charge is 2.30. The molecule has 24 heavy (non-hydrogen) atoms. The monoisotopic (exact) mass is 329 g/mol. The van der Waals surface area contributed by atoms with Crippen LogP contribution in [0.15, 0.2) is 29.0 Å². The Morgan fingerprint density at radius 1 is 1.33 bits per heavy atom. The van der Waals surface area contributed by atoms with E-state index in [0.29, 0.717) is 24.9 Å². The van der Waals surface area contributed by atoms with Crippen LogP contribution in [-0.2, 0) is 6.54 Å². The number of nitrogens with zero attached hydrogens (tertiary/aromatic N) is 4. The summed E-state index contributed by atoms with van der Waals surface area (Å²) in [6.45, 7) is 1.48. The summed E-state index contributed by atoms with van der Waals surface area (Å²) in [5.41, 5.74) is 0. The van der Waals surface area contributed by atoms with Gasteiger partial charge >= 0.3 is 6.03 Å². The van der Waals surface area contributed by atoms with Crippen LogP contribution < -0.4 is 10.1 Å². The third-order valence-electron chi connectivity index (χ3n) is 4.20. The van der Waals surface area contributed by atoms with E-state index in [1.54, 1.807) is 17.3 Å². The SMILES string of the molecule is O=C(NCc1nc(C2CC2)no1)N1CC[C@@H](Oc2ccncc2)C1. The molecule has 3 heterocycles. The summed E-state index contributed by atoms with van der Waals surface area (Å²) in [5, 5.41) is 6.76. The lowest BCUT2D eigenvalue weighted by atomic mass is 10.3. The average Bonchev–Trinajstić information content (AvgIpc) is 3.17. The van der Waals surface area contributed by atoms with E-state index in [-0.39, 0.29) is 18.7 Å². The van der Waals surface area contributed by atoms with Crippen molar-refractivity contribution in [3.05, 3.63) is 36.2 Å². The lowest BCUT2D eigenvalue weighted by Crippen LogP contribution is -2.39. The summed E-state index contributed by atoms with van der Waals surface area (Å²) >= 11 is 0. The fraction of sp³-hybridized carbons (Fsp3) is 0.500. The fourth-order valence-electron chi connectivity index (χ4n) is 2.73. The molecule has 0 spiro atoms. The standard InChI is InChI=1S/C16H19N5O3/c22-16(18-9-14-19-15(20-24-14)11-1-2-11)21-8-5-13(10-21)23-12-3-6-17-7-4-12/h3-4,6-7,11,13H,1-2,5,8-10H2,(H,18,22)/t13-/m1/s1. The van der Waals surface area contributed by atoms with Gasteiger partial charge in [0.05, 0.1) is 13.1 Å². The van der Waals surface area contributed by atoms with Crippen molar-refractivity contribution in [1.82, 2.24) is 25.3 Å². The molecular formula is C16H19N5O3. The maximum Gasteiger partial charge on any atom is 0.317 e. The zero-order chi connectivity index (χ0) is 16.4. The number of hydrogen-bond acceptors (Lipinski definition) is 6. The first kappa shape index (κ1) is 14.9. The molecule has 0 bridgehead atoms. The third kappa shape index (κ3) is 3.47. The molecule has 1 saturated carbocycles. The molecule has 2 fully saturated rings. The molecule has 2 aromatic rings. The van der Waals surface area contributed by atoms with Gasteiger partial charge in [-0.25, -0.2) is 4.79 Å². The van der Waals surface area contributed by atoms with Gasteiger partial charge in [-0.3, -0.25) is 4.98 Å². The number of hydrogen-bond donors (Lipinski definition) is 1. The van der Waals surface area contributed by atoms with Gasteiger partial charge in [0.1, 0.15) is 11.9 Å². The molecule has 1 N–H and O–H groups in total. The second kappa shape index (κ2) is 6.46. The van der Waals surface area contributed by atoms with Gasteiger partial charge in [-0.2, -0.15) is 4.98 Å². The van der Waals surface area contributed by atoms with Gasteiger partial charge < -0.3 is 19.5 Å². The predicted octanol–water partition coefficient (Wildman–Crippen LogP) is 1.70. The number of amides is 2. The Hall–Kier alpha value is -2.64. The summed E-state index contributed by atoms with van der Waals surface area (Å²) in [6, 6.07) is 3.49. The molecule has 1 saturated heterocycles. The van der Waals surface area contributed by atoms with Crippen LogP contribution in [0.25, 0.3) is 0 Å². The number of pyridine rings is 1. The highest BCUT2D eigenvalue weighted by molar-refractivity contribution is 5.74. The first-order chi connectivity index (χ1) is 11.8. The van der Waals surface area contributed by atoms with E-state index in [2.05, 4.69) is 20.4 Å². The molecule has 1 atom stereocenters. The fourth-order valence-corrected chi connectivity index (χ4v) is 2.73. The molecule has 0 unspecified atom stereocenters. The molecule has 1 aliphatic carbocycles. The minimum atomic E-state index is -0.137. The second-order valence-electron chi connectivity index (χ2n) is 6.14. The lowest BCUT2D eigenvalue weighted by Gasteiger charge is -2.17. The quantitative estimate of drug-likeness (QED) is 0.897. The molecule has 126 valence electrons. The second-order valence-corrected chi connectivity index (χ2v) is 6.14. The molecule has 2 aromatic heterocycles. The minimum Gasteiger partial charge on any atom is -0.488 e. The number of aromatic nitrogens is 3. The average molecular weight is 329 g/mol. The largest absolute Gasteiger partial charge is 0.488 e. The zero-order valence-electron chi connectivity index (χ0n) is 13.2. The maximum absolute atomic E-state index is 12.2. The van der Waals surface area contributed by atoms with Gasteiger partial charge in [0.25, 0.3) is 0 Å². The Labute approximate surface area is 139 Å². The molecule has 2 amide bonds. The highest BCUT2D eigenvalue weighted by atomic mass is 16.5. The van der Waals surface area contributed by atoms with E-state index < -0.39 is 0 Å². The van der Waals surface area contributed by atoms with Crippen molar-refractivity contribution in [2.24, 2.45) is 0 Å². The van der Waals surface area contributed by atoms with Crippen molar-refractivity contribution in [3.8, 4) is 5.75 Å². The number of carbonyl (C=O) groups excluding carboxylic acids is 1. The molecule has 1 aliphatic heterocycles. The van der Waals surface area contributed by atoms with Crippen LogP contribution >= 0.6 is 0 Å². The molecule has 2 aliphatic rings. The van der Waals surface area contributed by atoms with Crippen LogP contribution in [0, 0.1) is 0 Å². The molecular weight excluding hydrogens is 310 g/mol. The minimum absolute atomic E-state index is 0.00280. The van der Waals surface area contributed by atoms with Crippen molar-refractivity contribution in [2.45, 2.75) is 37.8 Å². The van der Waals surface area contributed by atoms with Gasteiger partial charge in [0.2, 0.25) is 5.89 Å². The predicted molar refractivity (Wildman–Crippen MR) is 83.4 cm³/mol. The topological polar surface area (TPSA) is 93.4 Å². The number of urea groups is 1. The zero-order valence-corrected chi connectivity index (χ0v) is 13.2. The summed E-state index contributed by atoms with van der Waals surface area (Å²) in [7, 11) is 0. The number of ether oxygens (including phenoxy) is 1. The van der Waals surface area contributed by atoms with E-state index in [9.17, 15) is 4.79 Å². The number of nitrogens with one attached hydrogen (secondary N) is 1. The summed E-state index contributed by atoms with van der Waals surface area (Å²) in [6.07, 6.45) is 6.44. The molecule has 0 aromatic carbocycles. The normalized spacial score (nSPS) is 20.2.